The lowest BCUT2D eigenvalue weighted by molar-refractivity contribution is -0.116. The average Bonchev–Trinajstić information content (AvgIpc) is 2.33. The molecular formula is C14H22ClN3O. The number of benzene rings is 1. The predicted molar refractivity (Wildman–Crippen MR) is 80.7 cm³/mol. The SMILES string of the molecule is CN(C)CCCNCCC(=O)Nc1cccc(Cl)c1. The molecule has 0 unspecified atom stereocenters. The van der Waals surface area contributed by atoms with Crippen LogP contribution < -0.4 is 10.6 Å². The number of hydrogen-bond donors (Lipinski definition) is 2. The second kappa shape index (κ2) is 8.91. The normalized spacial score (nSPS) is 10.7. The van der Waals surface area contributed by atoms with Crippen molar-refractivity contribution in [2.75, 3.05) is 39.0 Å². The Morgan fingerprint density at radius 1 is 1.32 bits per heavy atom. The zero-order valence-electron chi connectivity index (χ0n) is 11.6. The first kappa shape index (κ1) is 16.0. The van der Waals surface area contributed by atoms with Gasteiger partial charge in [-0.2, -0.15) is 0 Å². The fourth-order valence-electron chi connectivity index (χ4n) is 1.64. The van der Waals surface area contributed by atoms with E-state index in [0.29, 0.717) is 18.0 Å². The Labute approximate surface area is 120 Å². The van der Waals surface area contributed by atoms with Crippen molar-refractivity contribution < 1.29 is 4.79 Å². The number of carbonyl (C=O) groups excluding carboxylic acids is 1. The molecule has 0 aromatic heterocycles. The first-order chi connectivity index (χ1) is 9.08. The van der Waals surface area contributed by atoms with Gasteiger partial charge in [-0.15, -0.1) is 0 Å². The molecular weight excluding hydrogens is 262 g/mol. The minimum Gasteiger partial charge on any atom is -0.326 e. The number of carbonyl (C=O) groups is 1. The quantitative estimate of drug-likeness (QED) is 0.719. The topological polar surface area (TPSA) is 44.4 Å². The predicted octanol–water partition coefficient (Wildman–Crippen LogP) is 2.21. The number of anilines is 1. The van der Waals surface area contributed by atoms with Crippen LogP contribution in [0.1, 0.15) is 12.8 Å². The second-order valence-electron chi connectivity index (χ2n) is 4.72. The van der Waals surface area contributed by atoms with Crippen LogP contribution >= 0.6 is 11.6 Å². The van der Waals surface area contributed by atoms with Crippen LogP contribution in [0.4, 0.5) is 5.69 Å². The van der Waals surface area contributed by atoms with E-state index in [9.17, 15) is 4.79 Å². The molecule has 19 heavy (non-hydrogen) atoms. The third-order valence-electron chi connectivity index (χ3n) is 2.60. The first-order valence-electron chi connectivity index (χ1n) is 6.49. The summed E-state index contributed by atoms with van der Waals surface area (Å²) in [6, 6.07) is 7.17. The molecule has 1 aromatic carbocycles. The van der Waals surface area contributed by atoms with Gasteiger partial charge in [-0.1, -0.05) is 17.7 Å². The molecule has 1 rings (SSSR count). The second-order valence-corrected chi connectivity index (χ2v) is 5.15. The van der Waals surface area contributed by atoms with Gasteiger partial charge in [0.1, 0.15) is 0 Å². The Bertz CT molecular complexity index is 396. The Morgan fingerprint density at radius 2 is 2.11 bits per heavy atom. The van der Waals surface area contributed by atoms with E-state index in [1.807, 2.05) is 12.1 Å². The van der Waals surface area contributed by atoms with Gasteiger partial charge < -0.3 is 15.5 Å². The molecule has 0 saturated heterocycles. The van der Waals surface area contributed by atoms with Crippen LogP contribution in [0, 0.1) is 0 Å². The molecule has 0 aliphatic rings. The van der Waals surface area contributed by atoms with Crippen molar-refractivity contribution in [2.24, 2.45) is 0 Å². The monoisotopic (exact) mass is 283 g/mol. The molecule has 106 valence electrons. The minimum atomic E-state index is 0.00220. The van der Waals surface area contributed by atoms with E-state index >= 15 is 0 Å². The van der Waals surface area contributed by atoms with Gasteiger partial charge in [-0.25, -0.2) is 0 Å². The summed E-state index contributed by atoms with van der Waals surface area (Å²) in [5.41, 5.74) is 0.741. The van der Waals surface area contributed by atoms with E-state index in [1.165, 1.54) is 0 Å². The molecule has 4 nitrogen and oxygen atoms in total. The number of nitrogens with zero attached hydrogens (tertiary/aromatic N) is 1. The van der Waals surface area contributed by atoms with E-state index in [0.717, 1.165) is 25.2 Å². The van der Waals surface area contributed by atoms with Gasteiger partial charge in [-0.05, 0) is 51.8 Å². The molecule has 0 radical (unpaired) electrons. The fourth-order valence-corrected chi connectivity index (χ4v) is 1.83. The lowest BCUT2D eigenvalue weighted by atomic mass is 10.3. The largest absolute Gasteiger partial charge is 0.326 e. The van der Waals surface area contributed by atoms with Crippen LogP contribution in [-0.4, -0.2) is 44.5 Å². The Morgan fingerprint density at radius 3 is 2.79 bits per heavy atom. The molecule has 0 aliphatic carbocycles. The van der Waals surface area contributed by atoms with Crippen LogP contribution in [0.2, 0.25) is 5.02 Å². The average molecular weight is 284 g/mol. The van der Waals surface area contributed by atoms with Crippen molar-refractivity contribution in [3.05, 3.63) is 29.3 Å². The zero-order chi connectivity index (χ0) is 14.1. The number of halogens is 1. The molecule has 0 atom stereocenters. The molecule has 1 amide bonds. The van der Waals surface area contributed by atoms with Gasteiger partial charge in [0.25, 0.3) is 0 Å². The van der Waals surface area contributed by atoms with E-state index in [4.69, 9.17) is 11.6 Å². The third kappa shape index (κ3) is 7.82. The number of rotatable bonds is 8. The summed E-state index contributed by atoms with van der Waals surface area (Å²) in [5.74, 6) is 0.00220. The number of hydrogen-bond acceptors (Lipinski definition) is 3. The molecule has 0 saturated carbocycles. The molecule has 2 N–H and O–H groups in total. The summed E-state index contributed by atoms with van der Waals surface area (Å²) in [6.45, 7) is 2.68. The van der Waals surface area contributed by atoms with Gasteiger partial charge >= 0.3 is 0 Å². The third-order valence-corrected chi connectivity index (χ3v) is 2.83. The lowest BCUT2D eigenvalue weighted by Crippen LogP contribution is -2.25. The maximum Gasteiger partial charge on any atom is 0.225 e. The van der Waals surface area contributed by atoms with Gasteiger partial charge in [0.05, 0.1) is 0 Å². The zero-order valence-corrected chi connectivity index (χ0v) is 12.3. The maximum absolute atomic E-state index is 11.7. The van der Waals surface area contributed by atoms with Gasteiger partial charge in [-0.3, -0.25) is 4.79 Å². The summed E-state index contributed by atoms with van der Waals surface area (Å²) >= 11 is 5.85. The van der Waals surface area contributed by atoms with Crippen LogP contribution in [0.15, 0.2) is 24.3 Å². The van der Waals surface area contributed by atoms with Crippen molar-refractivity contribution >= 4 is 23.2 Å². The van der Waals surface area contributed by atoms with Crippen molar-refractivity contribution in [1.82, 2.24) is 10.2 Å². The van der Waals surface area contributed by atoms with Crippen LogP contribution in [-0.2, 0) is 4.79 Å². The molecule has 1 aromatic rings. The minimum absolute atomic E-state index is 0.00220. The molecule has 0 heterocycles. The highest BCUT2D eigenvalue weighted by Crippen LogP contribution is 2.14. The van der Waals surface area contributed by atoms with Crippen LogP contribution in [0.3, 0.4) is 0 Å². The Hall–Kier alpha value is -1.10. The molecule has 0 bridgehead atoms. The van der Waals surface area contributed by atoms with Gasteiger partial charge in [0.2, 0.25) is 5.91 Å². The van der Waals surface area contributed by atoms with Crippen LogP contribution in [0.5, 0.6) is 0 Å². The van der Waals surface area contributed by atoms with Crippen molar-refractivity contribution in [1.29, 1.82) is 0 Å². The first-order valence-corrected chi connectivity index (χ1v) is 6.86. The summed E-state index contributed by atoms with van der Waals surface area (Å²) in [5, 5.41) is 6.70. The Kier molecular flexibility index (Phi) is 7.48. The number of amides is 1. The highest BCUT2D eigenvalue weighted by Gasteiger charge is 2.02. The van der Waals surface area contributed by atoms with E-state index in [1.54, 1.807) is 12.1 Å². The van der Waals surface area contributed by atoms with Crippen LogP contribution in [0.25, 0.3) is 0 Å². The number of nitrogens with one attached hydrogen (secondary N) is 2. The van der Waals surface area contributed by atoms with Crippen molar-refractivity contribution in [3.8, 4) is 0 Å². The summed E-state index contributed by atoms with van der Waals surface area (Å²) < 4.78 is 0. The summed E-state index contributed by atoms with van der Waals surface area (Å²) in [7, 11) is 4.11. The van der Waals surface area contributed by atoms with Gasteiger partial charge in [0.15, 0.2) is 0 Å². The molecule has 0 aliphatic heterocycles. The molecule has 5 heteroatoms. The molecule has 0 fully saturated rings. The van der Waals surface area contributed by atoms with E-state index in [2.05, 4.69) is 29.6 Å². The summed E-state index contributed by atoms with van der Waals surface area (Å²) in [4.78, 5) is 13.8. The fraction of sp³-hybridized carbons (Fsp3) is 0.500. The smallest absolute Gasteiger partial charge is 0.225 e. The maximum atomic E-state index is 11.7. The van der Waals surface area contributed by atoms with Gasteiger partial charge in [0, 0.05) is 23.7 Å². The highest BCUT2D eigenvalue weighted by atomic mass is 35.5. The summed E-state index contributed by atoms with van der Waals surface area (Å²) in [6.07, 6.45) is 1.55. The lowest BCUT2D eigenvalue weighted by Gasteiger charge is -2.10. The van der Waals surface area contributed by atoms with Crippen molar-refractivity contribution in [3.63, 3.8) is 0 Å². The van der Waals surface area contributed by atoms with E-state index in [-0.39, 0.29) is 5.91 Å². The highest BCUT2D eigenvalue weighted by molar-refractivity contribution is 6.30. The Balaban J connectivity index is 2.11. The molecule has 0 spiro atoms. The standard InChI is InChI=1S/C14H22ClN3O/c1-18(2)10-4-8-16-9-7-14(19)17-13-6-3-5-12(15)11-13/h3,5-6,11,16H,4,7-10H2,1-2H3,(H,17,19). The van der Waals surface area contributed by atoms with E-state index < -0.39 is 0 Å². The van der Waals surface area contributed by atoms with Crippen molar-refractivity contribution in [2.45, 2.75) is 12.8 Å².